The van der Waals surface area contributed by atoms with E-state index in [4.69, 9.17) is 10.8 Å². The van der Waals surface area contributed by atoms with Gasteiger partial charge in [0.1, 0.15) is 5.69 Å². The van der Waals surface area contributed by atoms with Gasteiger partial charge < -0.3 is 16.2 Å². The number of nitrogens with one attached hydrogen (secondary N) is 1. The molecule has 1 unspecified atom stereocenters. The highest BCUT2D eigenvalue weighted by atomic mass is 16.3. The first kappa shape index (κ1) is 13.4. The molecular weight excluding hydrogens is 218 g/mol. The van der Waals surface area contributed by atoms with E-state index in [2.05, 4.69) is 10.3 Å². The number of aliphatic hydroxyl groups excluding tert-OH is 1. The van der Waals surface area contributed by atoms with Crippen molar-refractivity contribution in [1.29, 1.82) is 0 Å². The number of pyridine rings is 1. The van der Waals surface area contributed by atoms with Crippen LogP contribution in [0.1, 0.15) is 30.8 Å². The maximum atomic E-state index is 11.8. The van der Waals surface area contributed by atoms with Crippen molar-refractivity contribution >= 4 is 11.6 Å². The summed E-state index contributed by atoms with van der Waals surface area (Å²) in [4.78, 5) is 15.8. The van der Waals surface area contributed by atoms with Gasteiger partial charge in [-0.3, -0.25) is 4.79 Å². The van der Waals surface area contributed by atoms with Gasteiger partial charge in [-0.2, -0.15) is 0 Å². The van der Waals surface area contributed by atoms with Gasteiger partial charge in [-0.05, 0) is 24.5 Å². The van der Waals surface area contributed by atoms with E-state index in [1.165, 1.54) is 6.20 Å². The van der Waals surface area contributed by atoms with Gasteiger partial charge in [0.2, 0.25) is 0 Å². The van der Waals surface area contributed by atoms with Crippen molar-refractivity contribution in [1.82, 2.24) is 10.3 Å². The topological polar surface area (TPSA) is 88.2 Å². The lowest BCUT2D eigenvalue weighted by Gasteiger charge is -2.21. The molecule has 1 aromatic rings. The summed E-state index contributed by atoms with van der Waals surface area (Å²) in [6.45, 7) is 4.05. The fourth-order valence-corrected chi connectivity index (χ4v) is 1.49. The first-order valence-corrected chi connectivity index (χ1v) is 5.68. The molecule has 5 heteroatoms. The van der Waals surface area contributed by atoms with Gasteiger partial charge in [0.25, 0.3) is 5.91 Å². The molecule has 0 aliphatic carbocycles. The van der Waals surface area contributed by atoms with E-state index in [9.17, 15) is 4.79 Å². The second-order valence-electron chi connectivity index (χ2n) is 4.31. The average molecular weight is 237 g/mol. The molecule has 0 aliphatic rings. The third kappa shape index (κ3) is 4.03. The summed E-state index contributed by atoms with van der Waals surface area (Å²) in [5.41, 5.74) is 6.36. The van der Waals surface area contributed by atoms with Crippen LogP contribution in [0.25, 0.3) is 0 Å². The zero-order valence-electron chi connectivity index (χ0n) is 10.2. The minimum Gasteiger partial charge on any atom is -0.397 e. The Morgan fingerprint density at radius 2 is 2.24 bits per heavy atom. The number of nitrogens with two attached hydrogens (primary N) is 1. The standard InChI is InChI=1S/C12H19N3O2/c1-8(2)10(5-6-16)15-12(17)11-4-3-9(13)7-14-11/h3-4,7-8,10,16H,5-6,13H2,1-2H3,(H,15,17). The van der Waals surface area contributed by atoms with Crippen molar-refractivity contribution in [3.8, 4) is 0 Å². The lowest BCUT2D eigenvalue weighted by molar-refractivity contribution is 0.0911. The van der Waals surface area contributed by atoms with Gasteiger partial charge in [-0.1, -0.05) is 13.8 Å². The molecule has 4 N–H and O–H groups in total. The zero-order valence-corrected chi connectivity index (χ0v) is 10.2. The maximum Gasteiger partial charge on any atom is 0.270 e. The molecule has 17 heavy (non-hydrogen) atoms. The lowest BCUT2D eigenvalue weighted by Crippen LogP contribution is -2.39. The van der Waals surface area contributed by atoms with Gasteiger partial charge in [-0.25, -0.2) is 4.98 Å². The fourth-order valence-electron chi connectivity index (χ4n) is 1.49. The normalized spacial score (nSPS) is 12.5. The second-order valence-corrected chi connectivity index (χ2v) is 4.31. The SMILES string of the molecule is CC(C)C(CCO)NC(=O)c1ccc(N)cn1. The third-order valence-electron chi connectivity index (χ3n) is 2.58. The van der Waals surface area contributed by atoms with Crippen molar-refractivity contribution in [2.45, 2.75) is 26.3 Å². The lowest BCUT2D eigenvalue weighted by atomic mass is 10.0. The minimum atomic E-state index is -0.239. The summed E-state index contributed by atoms with van der Waals surface area (Å²) < 4.78 is 0. The number of aromatic nitrogens is 1. The molecule has 0 aliphatic heterocycles. The van der Waals surface area contributed by atoms with Crippen LogP contribution in [0.3, 0.4) is 0 Å². The summed E-state index contributed by atoms with van der Waals surface area (Å²) in [7, 11) is 0. The van der Waals surface area contributed by atoms with Gasteiger partial charge in [0.15, 0.2) is 0 Å². The highest BCUT2D eigenvalue weighted by molar-refractivity contribution is 5.92. The number of amides is 1. The first-order valence-electron chi connectivity index (χ1n) is 5.68. The predicted molar refractivity (Wildman–Crippen MR) is 66.4 cm³/mol. The molecule has 1 atom stereocenters. The van der Waals surface area contributed by atoms with Crippen LogP contribution >= 0.6 is 0 Å². The Balaban J connectivity index is 2.66. The minimum absolute atomic E-state index is 0.0492. The molecule has 1 amide bonds. The summed E-state index contributed by atoms with van der Waals surface area (Å²) in [5.74, 6) is 0.0250. The molecule has 94 valence electrons. The second kappa shape index (κ2) is 6.20. The van der Waals surface area contributed by atoms with E-state index in [0.29, 0.717) is 17.8 Å². The van der Waals surface area contributed by atoms with E-state index in [-0.39, 0.29) is 24.5 Å². The van der Waals surface area contributed by atoms with Crippen molar-refractivity contribution in [3.05, 3.63) is 24.0 Å². The molecule has 1 rings (SSSR count). The van der Waals surface area contributed by atoms with Gasteiger partial charge >= 0.3 is 0 Å². The molecule has 0 saturated heterocycles. The number of carbonyl (C=O) groups excluding carboxylic acids is 1. The molecule has 0 fully saturated rings. The van der Waals surface area contributed by atoms with Gasteiger partial charge in [-0.15, -0.1) is 0 Å². The Bertz CT molecular complexity index is 363. The van der Waals surface area contributed by atoms with Crippen LogP contribution in [-0.2, 0) is 0 Å². The number of aliphatic hydroxyl groups is 1. The fraction of sp³-hybridized carbons (Fsp3) is 0.500. The van der Waals surface area contributed by atoms with Crippen LogP contribution in [0, 0.1) is 5.92 Å². The Kier molecular flexibility index (Phi) is 4.90. The van der Waals surface area contributed by atoms with E-state index < -0.39 is 0 Å². The number of carbonyl (C=O) groups is 1. The summed E-state index contributed by atoms with van der Waals surface area (Å²) >= 11 is 0. The summed E-state index contributed by atoms with van der Waals surface area (Å²) in [6, 6.07) is 3.17. The molecule has 0 radical (unpaired) electrons. The van der Waals surface area contributed by atoms with E-state index >= 15 is 0 Å². The van der Waals surface area contributed by atoms with E-state index in [1.807, 2.05) is 13.8 Å². The highest BCUT2D eigenvalue weighted by Gasteiger charge is 2.17. The molecule has 0 bridgehead atoms. The average Bonchev–Trinajstić information content (AvgIpc) is 2.29. The molecule has 0 spiro atoms. The number of nitrogen functional groups attached to an aromatic ring is 1. The van der Waals surface area contributed by atoms with Crippen LogP contribution < -0.4 is 11.1 Å². The molecular formula is C12H19N3O2. The molecule has 0 aromatic carbocycles. The molecule has 0 saturated carbocycles. The van der Waals surface area contributed by atoms with Gasteiger partial charge in [0, 0.05) is 12.6 Å². The monoisotopic (exact) mass is 237 g/mol. The number of anilines is 1. The van der Waals surface area contributed by atoms with Crippen molar-refractivity contribution in [3.63, 3.8) is 0 Å². The predicted octanol–water partition coefficient (Wildman–Crippen LogP) is 0.801. The quantitative estimate of drug-likeness (QED) is 0.706. The number of hydrogen-bond acceptors (Lipinski definition) is 4. The molecule has 5 nitrogen and oxygen atoms in total. The van der Waals surface area contributed by atoms with Crippen LogP contribution in [0.5, 0.6) is 0 Å². The first-order chi connectivity index (χ1) is 8.04. The zero-order chi connectivity index (χ0) is 12.8. The van der Waals surface area contributed by atoms with Crippen LogP contribution in [0.4, 0.5) is 5.69 Å². The highest BCUT2D eigenvalue weighted by Crippen LogP contribution is 2.07. The van der Waals surface area contributed by atoms with Crippen molar-refractivity contribution in [2.75, 3.05) is 12.3 Å². The third-order valence-corrected chi connectivity index (χ3v) is 2.58. The van der Waals surface area contributed by atoms with Crippen LogP contribution in [-0.4, -0.2) is 28.6 Å². The summed E-state index contributed by atoms with van der Waals surface area (Å²) in [6.07, 6.45) is 1.99. The summed E-state index contributed by atoms with van der Waals surface area (Å²) in [5, 5.41) is 11.8. The smallest absolute Gasteiger partial charge is 0.270 e. The molecule has 1 aromatic heterocycles. The van der Waals surface area contributed by atoms with Crippen LogP contribution in [0.2, 0.25) is 0 Å². The number of nitrogens with zero attached hydrogens (tertiary/aromatic N) is 1. The van der Waals surface area contributed by atoms with E-state index in [0.717, 1.165) is 0 Å². The number of hydrogen-bond donors (Lipinski definition) is 3. The van der Waals surface area contributed by atoms with Crippen molar-refractivity contribution < 1.29 is 9.90 Å². The Hall–Kier alpha value is -1.62. The van der Waals surface area contributed by atoms with Crippen molar-refractivity contribution in [2.24, 2.45) is 5.92 Å². The number of rotatable bonds is 5. The Labute approximate surface area is 101 Å². The Morgan fingerprint density at radius 3 is 2.71 bits per heavy atom. The van der Waals surface area contributed by atoms with Gasteiger partial charge in [0.05, 0.1) is 11.9 Å². The maximum absolute atomic E-state index is 11.8. The van der Waals surface area contributed by atoms with E-state index in [1.54, 1.807) is 12.1 Å². The molecule has 1 heterocycles. The largest absolute Gasteiger partial charge is 0.397 e. The van der Waals surface area contributed by atoms with Crippen LogP contribution in [0.15, 0.2) is 18.3 Å². The Morgan fingerprint density at radius 1 is 1.53 bits per heavy atom.